The van der Waals surface area contributed by atoms with Gasteiger partial charge in [-0.05, 0) is 67.6 Å². The second-order valence-corrected chi connectivity index (χ2v) is 6.40. The fourth-order valence-electron chi connectivity index (χ4n) is 2.94. The second kappa shape index (κ2) is 7.98. The average Bonchev–Trinajstić information content (AvgIpc) is 2.75. The van der Waals surface area contributed by atoms with Crippen molar-refractivity contribution in [3.8, 4) is 11.5 Å². The van der Waals surface area contributed by atoms with Crippen LogP contribution in [0.15, 0.2) is 72.8 Å². The largest absolute Gasteiger partial charge is 0.465 e. The molecule has 0 amide bonds. The molecule has 0 bridgehead atoms. The molecule has 0 fully saturated rings. The summed E-state index contributed by atoms with van der Waals surface area (Å²) in [6.45, 7) is 1.88. The number of aromatic nitrogens is 2. The Kier molecular flexibility index (Phi) is 5.07. The number of rotatable bonds is 5. The zero-order valence-corrected chi connectivity index (χ0v) is 16.0. The van der Waals surface area contributed by atoms with Crippen LogP contribution in [0.25, 0.3) is 10.9 Å². The van der Waals surface area contributed by atoms with Crippen LogP contribution in [-0.4, -0.2) is 23.0 Å². The number of nitrogens with zero attached hydrogens (tertiary/aromatic N) is 2. The van der Waals surface area contributed by atoms with Gasteiger partial charge in [0, 0.05) is 11.1 Å². The van der Waals surface area contributed by atoms with Gasteiger partial charge in [-0.15, -0.1) is 0 Å². The van der Waals surface area contributed by atoms with Gasteiger partial charge >= 0.3 is 5.97 Å². The summed E-state index contributed by atoms with van der Waals surface area (Å²) in [5.74, 6) is 2.42. The zero-order chi connectivity index (χ0) is 20.2. The minimum absolute atomic E-state index is 0.376. The van der Waals surface area contributed by atoms with Crippen molar-refractivity contribution < 1.29 is 14.3 Å². The predicted molar refractivity (Wildman–Crippen MR) is 112 cm³/mol. The number of anilines is 2. The molecule has 3 aromatic carbocycles. The Bertz CT molecular complexity index is 1160. The number of methoxy groups -OCH3 is 1. The summed E-state index contributed by atoms with van der Waals surface area (Å²) >= 11 is 0. The molecule has 6 nitrogen and oxygen atoms in total. The molecule has 0 aliphatic heterocycles. The third-order valence-corrected chi connectivity index (χ3v) is 4.34. The number of benzene rings is 3. The minimum Gasteiger partial charge on any atom is -0.465 e. The van der Waals surface area contributed by atoms with Gasteiger partial charge in [0.25, 0.3) is 0 Å². The monoisotopic (exact) mass is 385 g/mol. The lowest BCUT2D eigenvalue weighted by molar-refractivity contribution is 0.0600. The lowest BCUT2D eigenvalue weighted by Crippen LogP contribution is -2.00. The molecule has 0 saturated carbocycles. The van der Waals surface area contributed by atoms with E-state index in [-0.39, 0.29) is 5.97 Å². The van der Waals surface area contributed by atoms with Crippen LogP contribution in [0.4, 0.5) is 11.5 Å². The van der Waals surface area contributed by atoms with E-state index in [1.807, 2.05) is 55.5 Å². The van der Waals surface area contributed by atoms with Crippen LogP contribution < -0.4 is 10.1 Å². The first-order valence-corrected chi connectivity index (χ1v) is 9.09. The average molecular weight is 385 g/mol. The Balaban J connectivity index is 1.49. The molecule has 1 N–H and O–H groups in total. The molecule has 0 saturated heterocycles. The van der Waals surface area contributed by atoms with E-state index in [1.165, 1.54) is 7.11 Å². The van der Waals surface area contributed by atoms with Crippen LogP contribution in [-0.2, 0) is 4.74 Å². The predicted octanol–water partition coefficient (Wildman–Crippen LogP) is 5.26. The van der Waals surface area contributed by atoms with Gasteiger partial charge in [-0.3, -0.25) is 0 Å². The maximum absolute atomic E-state index is 11.5. The first-order valence-electron chi connectivity index (χ1n) is 9.09. The molecule has 0 atom stereocenters. The molecule has 0 aliphatic rings. The van der Waals surface area contributed by atoms with Crippen LogP contribution in [0.3, 0.4) is 0 Å². The molecule has 4 aromatic rings. The lowest BCUT2D eigenvalue weighted by atomic mass is 10.2. The maximum Gasteiger partial charge on any atom is 0.337 e. The van der Waals surface area contributed by atoms with Crippen molar-refractivity contribution in [2.24, 2.45) is 0 Å². The van der Waals surface area contributed by atoms with Crippen molar-refractivity contribution in [2.75, 3.05) is 12.4 Å². The summed E-state index contributed by atoms with van der Waals surface area (Å²) in [6, 6.07) is 22.3. The van der Waals surface area contributed by atoms with E-state index in [1.54, 1.807) is 24.3 Å². The van der Waals surface area contributed by atoms with Crippen LogP contribution in [0.2, 0.25) is 0 Å². The number of aryl methyl sites for hydroxylation is 1. The van der Waals surface area contributed by atoms with Gasteiger partial charge in [0.15, 0.2) is 0 Å². The Hall–Kier alpha value is -3.93. The van der Waals surface area contributed by atoms with Gasteiger partial charge in [0.05, 0.1) is 18.2 Å². The Labute approximate surface area is 168 Å². The molecule has 144 valence electrons. The van der Waals surface area contributed by atoms with Crippen LogP contribution in [0.5, 0.6) is 11.5 Å². The summed E-state index contributed by atoms with van der Waals surface area (Å²) in [5.41, 5.74) is 2.27. The van der Waals surface area contributed by atoms with Gasteiger partial charge < -0.3 is 14.8 Å². The number of esters is 1. The molecule has 1 aromatic heterocycles. The summed E-state index contributed by atoms with van der Waals surface area (Å²) in [6.07, 6.45) is 0. The lowest BCUT2D eigenvalue weighted by Gasteiger charge is -2.11. The molecule has 0 unspecified atom stereocenters. The number of hydrogen-bond donors (Lipinski definition) is 1. The normalized spacial score (nSPS) is 10.6. The van der Waals surface area contributed by atoms with Crippen molar-refractivity contribution >= 4 is 28.4 Å². The quantitative estimate of drug-likeness (QED) is 0.472. The maximum atomic E-state index is 11.5. The number of carbonyl (C=O) groups is 1. The van der Waals surface area contributed by atoms with Crippen LogP contribution >= 0.6 is 0 Å². The van der Waals surface area contributed by atoms with Gasteiger partial charge in [-0.2, -0.15) is 0 Å². The molecule has 6 heteroatoms. The fraction of sp³-hybridized carbons (Fsp3) is 0.0870. The Morgan fingerprint density at radius 3 is 2.21 bits per heavy atom. The van der Waals surface area contributed by atoms with Crippen molar-refractivity contribution in [1.29, 1.82) is 0 Å². The number of carbonyl (C=O) groups excluding carboxylic acids is 1. The molecular weight excluding hydrogens is 366 g/mol. The Morgan fingerprint density at radius 1 is 0.862 bits per heavy atom. The van der Waals surface area contributed by atoms with E-state index >= 15 is 0 Å². The van der Waals surface area contributed by atoms with Crippen molar-refractivity contribution in [3.63, 3.8) is 0 Å². The molecule has 1 heterocycles. The fourth-order valence-corrected chi connectivity index (χ4v) is 2.94. The van der Waals surface area contributed by atoms with E-state index in [0.29, 0.717) is 22.9 Å². The van der Waals surface area contributed by atoms with Gasteiger partial charge in [-0.1, -0.05) is 12.1 Å². The standard InChI is InChI=1S/C23H19N3O3/c1-15-24-21-6-4-3-5-20(21)22(25-15)26-17-9-13-19(14-10-17)29-18-11-7-16(8-12-18)23(27)28-2/h3-14H,1-2H3,(H,24,25,26). The molecule has 0 radical (unpaired) electrons. The highest BCUT2D eigenvalue weighted by Gasteiger charge is 2.07. The highest BCUT2D eigenvalue weighted by Crippen LogP contribution is 2.27. The third-order valence-electron chi connectivity index (χ3n) is 4.34. The summed E-state index contributed by atoms with van der Waals surface area (Å²) in [7, 11) is 1.36. The summed E-state index contributed by atoms with van der Waals surface area (Å²) in [5, 5.41) is 4.31. The zero-order valence-electron chi connectivity index (χ0n) is 16.0. The van der Waals surface area contributed by atoms with E-state index in [0.717, 1.165) is 22.4 Å². The summed E-state index contributed by atoms with van der Waals surface area (Å²) in [4.78, 5) is 20.5. The molecule has 0 spiro atoms. The van der Waals surface area contributed by atoms with Crippen LogP contribution in [0.1, 0.15) is 16.2 Å². The first kappa shape index (κ1) is 18.4. The van der Waals surface area contributed by atoms with Crippen LogP contribution in [0, 0.1) is 6.92 Å². The molecule has 0 aliphatic carbocycles. The number of hydrogen-bond acceptors (Lipinski definition) is 6. The topological polar surface area (TPSA) is 73.3 Å². The van der Waals surface area contributed by atoms with Crippen molar-refractivity contribution in [2.45, 2.75) is 6.92 Å². The van der Waals surface area contributed by atoms with Gasteiger partial charge in [0.1, 0.15) is 23.1 Å². The van der Waals surface area contributed by atoms with Gasteiger partial charge in [-0.25, -0.2) is 14.8 Å². The van der Waals surface area contributed by atoms with Crippen molar-refractivity contribution in [3.05, 3.63) is 84.2 Å². The summed E-state index contributed by atoms with van der Waals surface area (Å²) < 4.78 is 10.5. The highest BCUT2D eigenvalue weighted by molar-refractivity contribution is 5.91. The van der Waals surface area contributed by atoms with E-state index < -0.39 is 0 Å². The molecule has 29 heavy (non-hydrogen) atoms. The first-order chi connectivity index (χ1) is 14.1. The van der Waals surface area contributed by atoms with E-state index in [4.69, 9.17) is 9.47 Å². The number of para-hydroxylation sites is 1. The number of nitrogens with one attached hydrogen (secondary N) is 1. The number of fused-ring (bicyclic) bond motifs is 1. The van der Waals surface area contributed by atoms with E-state index in [2.05, 4.69) is 15.3 Å². The Morgan fingerprint density at radius 2 is 1.52 bits per heavy atom. The smallest absolute Gasteiger partial charge is 0.337 e. The third kappa shape index (κ3) is 4.16. The SMILES string of the molecule is COC(=O)c1ccc(Oc2ccc(Nc3nc(C)nc4ccccc34)cc2)cc1. The van der Waals surface area contributed by atoms with Crippen molar-refractivity contribution in [1.82, 2.24) is 9.97 Å². The molecular formula is C23H19N3O3. The second-order valence-electron chi connectivity index (χ2n) is 6.40. The minimum atomic E-state index is -0.376. The number of ether oxygens (including phenoxy) is 2. The highest BCUT2D eigenvalue weighted by atomic mass is 16.5. The van der Waals surface area contributed by atoms with E-state index in [9.17, 15) is 4.79 Å². The molecule has 4 rings (SSSR count). The van der Waals surface area contributed by atoms with Gasteiger partial charge in [0.2, 0.25) is 0 Å².